The molecule has 0 aliphatic carbocycles. The van der Waals surface area contributed by atoms with Crippen LogP contribution in [-0.4, -0.2) is 4.92 Å². The van der Waals surface area contributed by atoms with Crippen molar-refractivity contribution < 1.29 is 4.92 Å². The summed E-state index contributed by atoms with van der Waals surface area (Å²) in [6.07, 6.45) is 1.32. The highest BCUT2D eigenvalue weighted by Crippen LogP contribution is 2.35. The number of nitriles is 2. The van der Waals surface area contributed by atoms with Crippen LogP contribution in [0.1, 0.15) is 5.56 Å². The summed E-state index contributed by atoms with van der Waals surface area (Å²) in [5.74, 6) is 0. The van der Waals surface area contributed by atoms with Gasteiger partial charge in [0, 0.05) is 11.0 Å². The van der Waals surface area contributed by atoms with Crippen LogP contribution in [0.2, 0.25) is 0 Å². The van der Waals surface area contributed by atoms with Crippen LogP contribution in [0.3, 0.4) is 0 Å². The zero-order valence-electron chi connectivity index (χ0n) is 11.3. The van der Waals surface area contributed by atoms with Gasteiger partial charge < -0.3 is 0 Å². The quantitative estimate of drug-likeness (QED) is 0.480. The van der Waals surface area contributed by atoms with Crippen molar-refractivity contribution in [3.63, 3.8) is 0 Å². The lowest BCUT2D eigenvalue weighted by Gasteiger charge is -2.04. The summed E-state index contributed by atoms with van der Waals surface area (Å²) in [6.45, 7) is 0. The molecule has 0 spiro atoms. The van der Waals surface area contributed by atoms with Crippen molar-refractivity contribution in [3.05, 3.63) is 69.8 Å². The summed E-state index contributed by atoms with van der Waals surface area (Å²) in [4.78, 5) is 12.2. The van der Waals surface area contributed by atoms with E-state index in [2.05, 4.69) is 0 Å². The van der Waals surface area contributed by atoms with Crippen molar-refractivity contribution in [2.24, 2.45) is 0 Å². The summed E-state index contributed by atoms with van der Waals surface area (Å²) in [5, 5.41) is 28.7. The predicted octanol–water partition coefficient (Wildman–Crippen LogP) is 4.18. The van der Waals surface area contributed by atoms with Crippen molar-refractivity contribution in [3.8, 4) is 12.1 Å². The van der Waals surface area contributed by atoms with E-state index in [0.29, 0.717) is 10.5 Å². The van der Waals surface area contributed by atoms with Crippen molar-refractivity contribution in [1.29, 1.82) is 10.5 Å². The molecule has 2 aromatic carbocycles. The fourth-order valence-electron chi connectivity index (χ4n) is 1.72. The molecule has 0 amide bonds. The monoisotopic (exact) mass is 307 g/mol. The molecule has 6 heteroatoms. The first kappa shape index (κ1) is 15.3. The molecule has 0 heterocycles. The van der Waals surface area contributed by atoms with Gasteiger partial charge >= 0.3 is 0 Å². The molecular formula is C16H9N3O2S. The standard InChI is InChI=1S/C16H9N3O2S/c17-10-13(11-18)8-12-6-7-16(15(9-12)19(20)21)22-14-4-2-1-3-5-14/h1-9H. The van der Waals surface area contributed by atoms with Gasteiger partial charge in [0.25, 0.3) is 5.69 Å². The third-order valence-electron chi connectivity index (χ3n) is 2.70. The van der Waals surface area contributed by atoms with Gasteiger partial charge in [0.05, 0.1) is 9.82 Å². The maximum absolute atomic E-state index is 11.2. The minimum atomic E-state index is -0.471. The van der Waals surface area contributed by atoms with E-state index in [1.165, 1.54) is 23.9 Å². The number of allylic oxidation sites excluding steroid dienone is 1. The summed E-state index contributed by atoms with van der Waals surface area (Å²) in [6, 6.07) is 17.4. The molecule has 2 aromatic rings. The van der Waals surface area contributed by atoms with Crippen LogP contribution in [-0.2, 0) is 0 Å². The third kappa shape index (κ3) is 3.72. The summed E-state index contributed by atoms with van der Waals surface area (Å²) in [5.41, 5.74) is 0.290. The number of rotatable bonds is 4. The first-order valence-electron chi connectivity index (χ1n) is 6.17. The largest absolute Gasteiger partial charge is 0.283 e. The molecule has 0 aliphatic heterocycles. The minimum absolute atomic E-state index is 0.0576. The first-order chi connectivity index (χ1) is 10.6. The van der Waals surface area contributed by atoms with E-state index in [0.717, 1.165) is 4.90 Å². The maximum atomic E-state index is 11.2. The van der Waals surface area contributed by atoms with Gasteiger partial charge in [0.15, 0.2) is 0 Å². The zero-order valence-corrected chi connectivity index (χ0v) is 12.1. The van der Waals surface area contributed by atoms with Crippen molar-refractivity contribution in [2.75, 3.05) is 0 Å². The lowest BCUT2D eigenvalue weighted by atomic mass is 10.1. The van der Waals surface area contributed by atoms with Crippen LogP contribution in [0.5, 0.6) is 0 Å². The van der Waals surface area contributed by atoms with Gasteiger partial charge in [-0.05, 0) is 29.8 Å². The number of nitrogens with zero attached hydrogens (tertiary/aromatic N) is 3. The van der Waals surface area contributed by atoms with Gasteiger partial charge in [-0.15, -0.1) is 0 Å². The Bertz CT molecular complexity index is 802. The molecule has 2 rings (SSSR count). The van der Waals surface area contributed by atoms with Crippen molar-refractivity contribution in [2.45, 2.75) is 9.79 Å². The molecular weight excluding hydrogens is 298 g/mol. The van der Waals surface area contributed by atoms with Crippen LogP contribution in [0.4, 0.5) is 5.69 Å². The number of hydrogen-bond donors (Lipinski definition) is 0. The van der Waals surface area contributed by atoms with Gasteiger partial charge in [-0.2, -0.15) is 10.5 Å². The van der Waals surface area contributed by atoms with Crippen LogP contribution in [0.25, 0.3) is 6.08 Å². The number of benzene rings is 2. The molecule has 0 atom stereocenters. The molecule has 106 valence electrons. The Labute approximate surface area is 131 Å². The van der Waals surface area contributed by atoms with Crippen molar-refractivity contribution >= 4 is 23.5 Å². The maximum Gasteiger partial charge on any atom is 0.283 e. The average Bonchev–Trinajstić information content (AvgIpc) is 2.54. The Kier molecular flexibility index (Phi) is 4.92. The normalized spacial score (nSPS) is 9.36. The Morgan fingerprint density at radius 2 is 1.82 bits per heavy atom. The fourth-order valence-corrected chi connectivity index (χ4v) is 2.65. The van der Waals surface area contributed by atoms with E-state index < -0.39 is 4.92 Å². The fraction of sp³-hybridized carbons (Fsp3) is 0. The van der Waals surface area contributed by atoms with Gasteiger partial charge in [-0.25, -0.2) is 0 Å². The molecule has 22 heavy (non-hydrogen) atoms. The van der Waals surface area contributed by atoms with Crippen LogP contribution >= 0.6 is 11.8 Å². The Hall–Kier alpha value is -3.09. The topological polar surface area (TPSA) is 90.7 Å². The van der Waals surface area contributed by atoms with Gasteiger partial charge in [0.1, 0.15) is 17.7 Å². The van der Waals surface area contributed by atoms with E-state index in [1.54, 1.807) is 24.3 Å². The summed E-state index contributed by atoms with van der Waals surface area (Å²) >= 11 is 1.29. The SMILES string of the molecule is N#CC(C#N)=Cc1ccc(Sc2ccccc2)c([N+](=O)[O-])c1. The van der Waals surface area contributed by atoms with E-state index in [1.807, 2.05) is 30.3 Å². The van der Waals surface area contributed by atoms with Crippen molar-refractivity contribution in [1.82, 2.24) is 0 Å². The molecule has 0 N–H and O–H groups in total. The second-order valence-electron chi connectivity index (χ2n) is 4.18. The third-order valence-corrected chi connectivity index (χ3v) is 3.78. The molecule has 0 aromatic heterocycles. The van der Waals surface area contributed by atoms with E-state index in [9.17, 15) is 10.1 Å². The summed E-state index contributed by atoms with van der Waals surface area (Å²) < 4.78 is 0. The van der Waals surface area contributed by atoms with Crippen LogP contribution in [0.15, 0.2) is 63.9 Å². The smallest absolute Gasteiger partial charge is 0.258 e. The average molecular weight is 307 g/mol. The predicted molar refractivity (Wildman–Crippen MR) is 82.9 cm³/mol. The van der Waals surface area contributed by atoms with E-state index in [-0.39, 0.29) is 11.3 Å². The molecule has 0 fully saturated rings. The number of hydrogen-bond acceptors (Lipinski definition) is 5. The highest BCUT2D eigenvalue weighted by molar-refractivity contribution is 7.99. The first-order valence-corrected chi connectivity index (χ1v) is 6.99. The summed E-state index contributed by atoms with van der Waals surface area (Å²) in [7, 11) is 0. The van der Waals surface area contributed by atoms with E-state index >= 15 is 0 Å². The molecule has 0 saturated carbocycles. The molecule has 5 nitrogen and oxygen atoms in total. The second kappa shape index (κ2) is 7.07. The van der Waals surface area contributed by atoms with Gasteiger partial charge in [-0.3, -0.25) is 10.1 Å². The Morgan fingerprint density at radius 3 is 2.41 bits per heavy atom. The highest BCUT2D eigenvalue weighted by Gasteiger charge is 2.15. The molecule has 0 aliphatic rings. The molecule has 0 unspecified atom stereocenters. The molecule has 0 radical (unpaired) electrons. The highest BCUT2D eigenvalue weighted by atomic mass is 32.2. The minimum Gasteiger partial charge on any atom is -0.258 e. The lowest BCUT2D eigenvalue weighted by Crippen LogP contribution is -1.92. The van der Waals surface area contributed by atoms with Gasteiger partial charge in [-0.1, -0.05) is 36.0 Å². The van der Waals surface area contributed by atoms with Gasteiger partial charge in [0.2, 0.25) is 0 Å². The Balaban J connectivity index is 2.41. The number of nitro benzene ring substituents is 1. The zero-order chi connectivity index (χ0) is 15.9. The van der Waals surface area contributed by atoms with Crippen LogP contribution < -0.4 is 0 Å². The Morgan fingerprint density at radius 1 is 1.14 bits per heavy atom. The van der Waals surface area contributed by atoms with Crippen LogP contribution in [0, 0.1) is 32.8 Å². The molecule has 0 bridgehead atoms. The van der Waals surface area contributed by atoms with E-state index in [4.69, 9.17) is 10.5 Å². The molecule has 0 saturated heterocycles. The second-order valence-corrected chi connectivity index (χ2v) is 5.30. The lowest BCUT2D eigenvalue weighted by molar-refractivity contribution is -0.387. The number of nitro groups is 1.